The van der Waals surface area contributed by atoms with Crippen LogP contribution in [0.15, 0.2) is 0 Å². The van der Waals surface area contributed by atoms with Gasteiger partial charge in [0.15, 0.2) is 16.6 Å². The summed E-state index contributed by atoms with van der Waals surface area (Å²) in [7, 11) is -12.8. The van der Waals surface area contributed by atoms with E-state index in [0.29, 0.717) is 65.2 Å². The number of rotatable bonds is 16. The molecule has 0 aliphatic carbocycles. The Morgan fingerprint density at radius 3 is 1.14 bits per heavy atom. The SMILES string of the molecule is C[Si](C)(CCCCC(=O)N1CCN(S(C)(=O)=O)CC1)O[Si](C)(C)O[Si](C)(C)CCCCC(=O)N1CCN(S(C)(=O)=O)CC1. The zero-order chi connectivity index (χ0) is 32.7. The highest BCUT2D eigenvalue weighted by Gasteiger charge is 2.39. The van der Waals surface area contributed by atoms with Crippen molar-refractivity contribution in [3.05, 3.63) is 0 Å². The van der Waals surface area contributed by atoms with E-state index in [1.54, 1.807) is 9.80 Å². The summed E-state index contributed by atoms with van der Waals surface area (Å²) in [6.07, 6.45) is 6.77. The van der Waals surface area contributed by atoms with E-state index in [1.165, 1.54) is 21.1 Å². The lowest BCUT2D eigenvalue weighted by Gasteiger charge is -2.39. The molecule has 2 rings (SSSR count). The number of hydrogen-bond acceptors (Lipinski definition) is 8. The first-order chi connectivity index (χ1) is 19.6. The van der Waals surface area contributed by atoms with Crippen molar-refractivity contribution in [1.29, 1.82) is 0 Å². The molecule has 0 aromatic carbocycles. The van der Waals surface area contributed by atoms with Crippen LogP contribution in [0.5, 0.6) is 0 Å². The van der Waals surface area contributed by atoms with Crippen LogP contribution in [0.2, 0.25) is 51.4 Å². The van der Waals surface area contributed by atoms with Crippen LogP contribution in [0.1, 0.15) is 38.5 Å². The zero-order valence-electron chi connectivity index (χ0n) is 27.7. The van der Waals surface area contributed by atoms with E-state index >= 15 is 0 Å². The molecule has 252 valence electrons. The van der Waals surface area contributed by atoms with Gasteiger partial charge < -0.3 is 18.0 Å². The molecule has 0 radical (unpaired) electrons. The third-order valence-electron chi connectivity index (χ3n) is 8.00. The minimum Gasteiger partial charge on any atom is -0.437 e. The number of unbranched alkanes of at least 4 members (excludes halogenated alkanes) is 2. The molecule has 2 heterocycles. The van der Waals surface area contributed by atoms with Gasteiger partial charge in [-0.25, -0.2) is 16.8 Å². The van der Waals surface area contributed by atoms with Crippen LogP contribution in [0, 0.1) is 0 Å². The topological polar surface area (TPSA) is 134 Å². The summed E-state index contributed by atoms with van der Waals surface area (Å²) in [6.45, 7) is 16.4. The predicted octanol–water partition coefficient (Wildman–Crippen LogP) is 2.68. The molecule has 0 saturated carbocycles. The number of piperazine rings is 2. The lowest BCUT2D eigenvalue weighted by Crippen LogP contribution is -2.52. The fourth-order valence-corrected chi connectivity index (χ4v) is 21.8. The molecule has 17 heteroatoms. The molecule has 0 unspecified atom stereocenters. The van der Waals surface area contributed by atoms with Crippen molar-refractivity contribution in [2.24, 2.45) is 0 Å². The van der Waals surface area contributed by atoms with E-state index in [1.807, 2.05) is 0 Å². The summed E-state index contributed by atoms with van der Waals surface area (Å²) in [5, 5.41) is 0. The van der Waals surface area contributed by atoms with E-state index in [0.717, 1.165) is 37.8 Å². The van der Waals surface area contributed by atoms with Gasteiger partial charge in [-0.1, -0.05) is 12.8 Å². The summed E-state index contributed by atoms with van der Waals surface area (Å²) in [5.41, 5.74) is 0. The summed E-state index contributed by atoms with van der Waals surface area (Å²) >= 11 is 0. The molecular formula is C26H56N4O8S2Si3. The number of amides is 2. The van der Waals surface area contributed by atoms with E-state index in [2.05, 4.69) is 39.3 Å². The van der Waals surface area contributed by atoms with E-state index in [-0.39, 0.29) is 11.8 Å². The van der Waals surface area contributed by atoms with Crippen LogP contribution >= 0.6 is 0 Å². The number of carbonyl (C=O) groups is 2. The number of sulfonamides is 2. The summed E-state index contributed by atoms with van der Waals surface area (Å²) in [5.74, 6) is 0.186. The van der Waals surface area contributed by atoms with Crippen molar-refractivity contribution in [2.75, 3.05) is 64.9 Å². The second-order valence-electron chi connectivity index (χ2n) is 13.6. The van der Waals surface area contributed by atoms with Gasteiger partial charge in [0.1, 0.15) is 0 Å². The quantitative estimate of drug-likeness (QED) is 0.177. The Morgan fingerprint density at radius 2 is 0.860 bits per heavy atom. The molecule has 12 nitrogen and oxygen atoms in total. The molecule has 2 aliphatic heterocycles. The first-order valence-corrected chi connectivity index (χ1v) is 28.2. The Morgan fingerprint density at radius 1 is 0.558 bits per heavy atom. The first kappa shape index (κ1) is 38.5. The molecule has 0 N–H and O–H groups in total. The highest BCUT2D eigenvalue weighted by Crippen LogP contribution is 2.27. The van der Waals surface area contributed by atoms with Crippen molar-refractivity contribution in [3.63, 3.8) is 0 Å². The van der Waals surface area contributed by atoms with Gasteiger partial charge >= 0.3 is 8.56 Å². The maximum Gasteiger partial charge on any atom is 0.311 e. The Balaban J connectivity index is 1.66. The highest BCUT2D eigenvalue weighted by atomic mass is 32.2. The smallest absolute Gasteiger partial charge is 0.311 e. The lowest BCUT2D eigenvalue weighted by molar-refractivity contribution is -0.133. The van der Waals surface area contributed by atoms with Gasteiger partial charge in [0.25, 0.3) is 0 Å². The fourth-order valence-electron chi connectivity index (χ4n) is 5.96. The molecule has 0 aromatic rings. The monoisotopic (exact) mass is 700 g/mol. The average Bonchev–Trinajstić information content (AvgIpc) is 2.86. The molecule has 0 bridgehead atoms. The van der Waals surface area contributed by atoms with Gasteiger partial charge in [0, 0.05) is 65.2 Å². The van der Waals surface area contributed by atoms with Crippen LogP contribution in [0.4, 0.5) is 0 Å². The highest BCUT2D eigenvalue weighted by molar-refractivity contribution is 7.88. The second-order valence-corrected chi connectivity index (χ2v) is 30.1. The number of nitrogens with zero attached hydrogens (tertiary/aromatic N) is 4. The zero-order valence-corrected chi connectivity index (χ0v) is 32.3. The van der Waals surface area contributed by atoms with Gasteiger partial charge in [0.05, 0.1) is 12.5 Å². The molecule has 0 aromatic heterocycles. The number of carbonyl (C=O) groups excluding carboxylic acids is 2. The van der Waals surface area contributed by atoms with Crippen LogP contribution in [0.3, 0.4) is 0 Å². The summed E-state index contributed by atoms with van der Waals surface area (Å²) < 4.78 is 63.0. The van der Waals surface area contributed by atoms with E-state index < -0.39 is 45.2 Å². The van der Waals surface area contributed by atoms with Crippen molar-refractivity contribution in [1.82, 2.24) is 18.4 Å². The normalized spacial score (nSPS) is 18.7. The third kappa shape index (κ3) is 14.1. The van der Waals surface area contributed by atoms with Gasteiger partial charge in [0.2, 0.25) is 31.9 Å². The second kappa shape index (κ2) is 15.8. The molecule has 0 spiro atoms. The first-order valence-electron chi connectivity index (χ1n) is 15.5. The lowest BCUT2D eigenvalue weighted by atomic mass is 10.2. The molecule has 2 saturated heterocycles. The van der Waals surface area contributed by atoms with Gasteiger partial charge in [-0.2, -0.15) is 8.61 Å². The van der Waals surface area contributed by atoms with Gasteiger partial charge in [-0.15, -0.1) is 0 Å². The Hall–Kier alpha value is -0.669. The molecule has 2 amide bonds. The summed E-state index contributed by atoms with van der Waals surface area (Å²) in [4.78, 5) is 28.8. The van der Waals surface area contributed by atoms with Crippen molar-refractivity contribution < 1.29 is 34.7 Å². The molecular weight excluding hydrogens is 645 g/mol. The number of hydrogen-bond donors (Lipinski definition) is 0. The maximum absolute atomic E-state index is 12.6. The van der Waals surface area contributed by atoms with Gasteiger partial charge in [-0.3, -0.25) is 9.59 Å². The van der Waals surface area contributed by atoms with Crippen LogP contribution in [-0.2, 0) is 37.9 Å². The minimum atomic E-state index is -3.21. The van der Waals surface area contributed by atoms with Gasteiger partial charge in [-0.05, 0) is 64.2 Å². The van der Waals surface area contributed by atoms with Crippen LogP contribution in [-0.4, -0.2) is 137 Å². The molecule has 43 heavy (non-hydrogen) atoms. The van der Waals surface area contributed by atoms with Crippen molar-refractivity contribution >= 4 is 57.1 Å². The summed E-state index contributed by atoms with van der Waals surface area (Å²) in [6, 6.07) is 1.90. The molecule has 0 atom stereocenters. The standard InChI is InChI=1S/C26H56N4O8S2Si3/c1-39(33,34)29-19-15-27(16-20-29)25(31)13-9-11-23-41(3,4)37-43(7,8)38-42(5,6)24-12-10-14-26(32)28-17-21-30(22-18-28)40(2,35)36/h9-24H2,1-8H3. The molecule has 2 fully saturated rings. The average molecular weight is 701 g/mol. The fraction of sp³-hybridized carbons (Fsp3) is 0.923. The Kier molecular flexibility index (Phi) is 14.1. The van der Waals surface area contributed by atoms with Crippen LogP contribution < -0.4 is 0 Å². The minimum absolute atomic E-state index is 0.0931. The maximum atomic E-state index is 12.6. The van der Waals surface area contributed by atoms with Crippen molar-refractivity contribution in [2.45, 2.75) is 89.9 Å². The molecule has 2 aliphatic rings. The van der Waals surface area contributed by atoms with E-state index in [4.69, 9.17) is 8.23 Å². The van der Waals surface area contributed by atoms with Crippen LogP contribution in [0.25, 0.3) is 0 Å². The third-order valence-corrected chi connectivity index (χ3v) is 22.1. The Bertz CT molecular complexity index is 1060. The van der Waals surface area contributed by atoms with E-state index in [9.17, 15) is 26.4 Å². The largest absolute Gasteiger partial charge is 0.437 e. The predicted molar refractivity (Wildman–Crippen MR) is 178 cm³/mol. The Labute approximate surface area is 264 Å². The van der Waals surface area contributed by atoms with Crippen molar-refractivity contribution in [3.8, 4) is 0 Å².